The molecule has 0 spiro atoms. The van der Waals surface area contributed by atoms with E-state index in [1.165, 1.54) is 6.07 Å². The number of alkyl halides is 1. The van der Waals surface area contributed by atoms with Gasteiger partial charge in [0.1, 0.15) is 30.4 Å². The van der Waals surface area contributed by atoms with E-state index in [2.05, 4.69) is 21.1 Å². The summed E-state index contributed by atoms with van der Waals surface area (Å²) in [6.45, 7) is 5.38. The van der Waals surface area contributed by atoms with E-state index in [-0.39, 0.29) is 11.9 Å². The van der Waals surface area contributed by atoms with Crippen molar-refractivity contribution in [1.82, 2.24) is 5.16 Å². The molecule has 5 nitrogen and oxygen atoms in total. The number of nitrogens with zero attached hydrogens (tertiary/aromatic N) is 2. The highest BCUT2D eigenvalue weighted by atomic mass is 79.9. The molecule has 3 aliphatic rings. The van der Waals surface area contributed by atoms with E-state index in [0.717, 1.165) is 53.8 Å². The zero-order valence-electron chi connectivity index (χ0n) is 22.4. The Morgan fingerprint density at radius 3 is 2.18 bits per heavy atom. The van der Waals surface area contributed by atoms with Crippen LogP contribution >= 0.6 is 15.9 Å². The summed E-state index contributed by atoms with van der Waals surface area (Å²) in [5.41, 5.74) is 1.17. The molecule has 0 unspecified atom stereocenters. The van der Waals surface area contributed by atoms with Crippen molar-refractivity contribution < 1.29 is 23.2 Å². The summed E-state index contributed by atoms with van der Waals surface area (Å²) in [5.74, 6) is 3.41. The molecule has 1 atom stereocenters. The van der Waals surface area contributed by atoms with Gasteiger partial charge in [-0.1, -0.05) is 87.8 Å². The number of rotatable bonds is 7. The average molecular weight is 595 g/mol. The summed E-state index contributed by atoms with van der Waals surface area (Å²) in [7, 11) is 0. The molecule has 3 aliphatic heterocycles. The second kappa shape index (κ2) is 11.6. The van der Waals surface area contributed by atoms with Crippen LogP contribution in [0.3, 0.4) is 0 Å². The zero-order valence-corrected chi connectivity index (χ0v) is 24.0. The average Bonchev–Trinajstić information content (AvgIpc) is 3.45. The molecule has 1 N–H and O–H groups in total. The van der Waals surface area contributed by atoms with Gasteiger partial charge in [-0.15, -0.1) is 0 Å². The van der Waals surface area contributed by atoms with Crippen molar-refractivity contribution in [2.75, 3.05) is 25.5 Å². The van der Waals surface area contributed by atoms with Crippen LogP contribution in [0.4, 0.5) is 4.39 Å². The molecule has 2 bridgehead atoms. The van der Waals surface area contributed by atoms with Crippen LogP contribution < -0.4 is 4.74 Å². The molecule has 3 saturated heterocycles. The predicted molar refractivity (Wildman–Crippen MR) is 153 cm³/mol. The van der Waals surface area contributed by atoms with E-state index in [1.54, 1.807) is 13.0 Å². The summed E-state index contributed by atoms with van der Waals surface area (Å²) in [5, 5.41) is 16.4. The number of ether oxygens (including phenoxy) is 1. The van der Waals surface area contributed by atoms with Gasteiger partial charge in [-0.3, -0.25) is 0 Å². The van der Waals surface area contributed by atoms with Crippen molar-refractivity contribution in [3.63, 3.8) is 0 Å². The van der Waals surface area contributed by atoms with E-state index in [9.17, 15) is 9.50 Å². The van der Waals surface area contributed by atoms with Crippen molar-refractivity contribution in [2.24, 2.45) is 5.92 Å². The Morgan fingerprint density at radius 1 is 0.974 bits per heavy atom. The molecule has 7 rings (SSSR count). The third kappa shape index (κ3) is 5.53. The third-order valence-electron chi connectivity index (χ3n) is 8.28. The number of halogens is 2. The maximum Gasteiger partial charge on any atom is 0.191 e. The van der Waals surface area contributed by atoms with Crippen LogP contribution in [0.1, 0.15) is 41.0 Å². The summed E-state index contributed by atoms with van der Waals surface area (Å²) < 4.78 is 27.1. The Morgan fingerprint density at radius 2 is 1.59 bits per heavy atom. The van der Waals surface area contributed by atoms with Crippen LogP contribution in [0.15, 0.2) is 89.5 Å². The second-order valence-electron chi connectivity index (χ2n) is 10.7. The van der Waals surface area contributed by atoms with Crippen molar-refractivity contribution in [2.45, 2.75) is 38.0 Å². The van der Waals surface area contributed by atoms with Gasteiger partial charge in [-0.25, -0.2) is 4.39 Å². The lowest BCUT2D eigenvalue weighted by Crippen LogP contribution is -2.64. The molecule has 7 heteroatoms. The lowest BCUT2D eigenvalue weighted by Gasteiger charge is -2.51. The number of hydrogen-bond acceptors (Lipinski definition) is 4. The number of piperidine rings is 3. The normalized spacial score (nSPS) is 22.2. The first-order valence-electron chi connectivity index (χ1n) is 13.4. The summed E-state index contributed by atoms with van der Waals surface area (Å²) in [6.07, 6.45) is 2.17. The van der Waals surface area contributed by atoms with E-state index < -0.39 is 5.60 Å². The molecule has 3 aromatic carbocycles. The molecule has 4 aromatic rings. The van der Waals surface area contributed by atoms with Crippen LogP contribution in [0.5, 0.6) is 5.75 Å². The number of hydrogen-bond donors (Lipinski definition) is 1. The highest BCUT2D eigenvalue weighted by Crippen LogP contribution is 2.40. The standard InChI is InChI=1S/C31H32FN2O3.CH3Br/c1-22-12-13-26(18-28(22)32)36-29-21-34(16-14-23(29)15-17-34)20-27-19-30(33-37-27)31(35,24-8-4-2-5-9-24)25-10-6-3-7-11-25;1-2/h2-13,18-19,23,29,35H,14-17,20-21H2,1H3;1H3/q+1;/t23?,29-,34?;/m0./s1. The number of fused-ring (bicyclic) bond motifs is 3. The fourth-order valence-electron chi connectivity index (χ4n) is 6.11. The van der Waals surface area contributed by atoms with Crippen LogP contribution in [-0.4, -0.2) is 46.3 Å². The Bertz CT molecular complexity index is 1330. The van der Waals surface area contributed by atoms with E-state index >= 15 is 0 Å². The Kier molecular flexibility index (Phi) is 8.21. The van der Waals surface area contributed by atoms with Crippen LogP contribution in [0.25, 0.3) is 0 Å². The molecular weight excluding hydrogens is 559 g/mol. The van der Waals surface area contributed by atoms with E-state index in [0.29, 0.717) is 29.5 Å². The highest BCUT2D eigenvalue weighted by Gasteiger charge is 2.48. The molecule has 0 saturated carbocycles. The highest BCUT2D eigenvalue weighted by molar-refractivity contribution is 9.08. The van der Waals surface area contributed by atoms with Crippen molar-refractivity contribution in [1.29, 1.82) is 0 Å². The van der Waals surface area contributed by atoms with E-state index in [1.807, 2.05) is 78.6 Å². The minimum atomic E-state index is -1.42. The molecule has 0 aliphatic carbocycles. The van der Waals surface area contributed by atoms with Gasteiger partial charge in [-0.05, 0) is 35.5 Å². The molecular formula is C32H35BrFN2O3+. The van der Waals surface area contributed by atoms with Crippen LogP contribution in [-0.2, 0) is 12.1 Å². The topological polar surface area (TPSA) is 55.5 Å². The van der Waals surface area contributed by atoms with E-state index in [4.69, 9.17) is 9.26 Å². The first-order chi connectivity index (χ1) is 19.0. The minimum absolute atomic E-state index is 0.0394. The molecule has 3 fully saturated rings. The van der Waals surface area contributed by atoms with Gasteiger partial charge < -0.3 is 18.8 Å². The number of aliphatic hydroxyl groups is 1. The van der Waals surface area contributed by atoms with Gasteiger partial charge in [-0.2, -0.15) is 0 Å². The number of quaternary nitrogens is 1. The Balaban J connectivity index is 0.00000151. The zero-order chi connectivity index (χ0) is 27.5. The Hall–Kier alpha value is -3.00. The molecule has 204 valence electrons. The Labute approximate surface area is 237 Å². The summed E-state index contributed by atoms with van der Waals surface area (Å²) in [4.78, 5) is 0. The predicted octanol–water partition coefficient (Wildman–Crippen LogP) is 6.61. The summed E-state index contributed by atoms with van der Waals surface area (Å²) >= 11 is 2.94. The van der Waals surface area contributed by atoms with Crippen LogP contribution in [0, 0.1) is 18.7 Å². The van der Waals surface area contributed by atoms with Gasteiger partial charge in [0.25, 0.3) is 0 Å². The lowest BCUT2D eigenvalue weighted by molar-refractivity contribution is -0.959. The lowest BCUT2D eigenvalue weighted by atomic mass is 9.82. The van der Waals surface area contributed by atoms with Gasteiger partial charge in [0.2, 0.25) is 0 Å². The molecule has 0 radical (unpaired) electrons. The largest absolute Gasteiger partial charge is 0.484 e. The van der Waals surface area contributed by atoms with Crippen molar-refractivity contribution in [3.05, 3.63) is 119 Å². The fourth-order valence-corrected chi connectivity index (χ4v) is 6.11. The first-order valence-corrected chi connectivity index (χ1v) is 15.0. The molecule has 1 aromatic heterocycles. The third-order valence-corrected chi connectivity index (χ3v) is 8.28. The van der Waals surface area contributed by atoms with Gasteiger partial charge in [0.15, 0.2) is 17.5 Å². The number of aryl methyl sites for hydroxylation is 1. The maximum absolute atomic E-state index is 14.1. The molecule has 0 amide bonds. The van der Waals surface area contributed by atoms with Gasteiger partial charge in [0, 0.05) is 30.9 Å². The minimum Gasteiger partial charge on any atom is -0.484 e. The van der Waals surface area contributed by atoms with Crippen molar-refractivity contribution >= 4 is 15.9 Å². The fraction of sp³-hybridized carbons (Fsp3) is 0.344. The molecule has 39 heavy (non-hydrogen) atoms. The van der Waals surface area contributed by atoms with Gasteiger partial charge in [0.05, 0.1) is 13.1 Å². The van der Waals surface area contributed by atoms with Crippen LogP contribution in [0.2, 0.25) is 0 Å². The maximum atomic E-state index is 14.1. The molecule has 4 heterocycles. The SMILES string of the molecule is CBr.Cc1ccc(O[C@H]2C[N+]3(Cc4cc(C(O)(c5ccccc5)c5ccccc5)no4)CCC2CC3)cc1F. The van der Waals surface area contributed by atoms with Crippen molar-refractivity contribution in [3.8, 4) is 5.75 Å². The first kappa shape index (κ1) is 27.6. The second-order valence-corrected chi connectivity index (χ2v) is 10.7. The number of aromatic nitrogens is 1. The summed E-state index contributed by atoms with van der Waals surface area (Å²) in [6, 6.07) is 26.2. The number of benzene rings is 3. The quantitative estimate of drug-likeness (QED) is 0.194. The monoisotopic (exact) mass is 593 g/mol. The smallest absolute Gasteiger partial charge is 0.191 e. The van der Waals surface area contributed by atoms with Gasteiger partial charge >= 0.3 is 0 Å².